The lowest BCUT2D eigenvalue weighted by Gasteiger charge is -2.13. The summed E-state index contributed by atoms with van der Waals surface area (Å²) in [6.45, 7) is 4.58. The molecule has 0 fully saturated rings. The molecule has 0 radical (unpaired) electrons. The highest BCUT2D eigenvalue weighted by molar-refractivity contribution is 7.99. The number of nitrogens with zero attached hydrogens (tertiary/aromatic N) is 4. The van der Waals surface area contributed by atoms with E-state index in [1.807, 2.05) is 13.8 Å². The van der Waals surface area contributed by atoms with E-state index in [4.69, 9.17) is 0 Å². The van der Waals surface area contributed by atoms with Gasteiger partial charge in [0.15, 0.2) is 0 Å². The normalized spacial score (nSPS) is 11.8. The summed E-state index contributed by atoms with van der Waals surface area (Å²) in [7, 11) is 0. The van der Waals surface area contributed by atoms with Crippen molar-refractivity contribution in [1.82, 2.24) is 20.2 Å². The number of hydrogen-bond acceptors (Lipinski definition) is 5. The van der Waals surface area contributed by atoms with Gasteiger partial charge in [0.25, 0.3) is 0 Å². The zero-order valence-electron chi connectivity index (χ0n) is 13.0. The number of carbonyl (C=O) groups is 1. The second kappa shape index (κ2) is 7.65. The number of nitrogens with one attached hydrogen (secondary N) is 1. The first kappa shape index (κ1) is 18.2. The molecule has 0 aliphatic rings. The number of carbonyl (C=O) groups excluding carboxylic acids is 1. The molecule has 0 aliphatic carbocycles. The average molecular weight is 359 g/mol. The number of anilines is 1. The van der Waals surface area contributed by atoms with Crippen molar-refractivity contribution in [1.29, 1.82) is 0 Å². The molecule has 0 unspecified atom stereocenters. The maximum atomic E-state index is 12.9. The van der Waals surface area contributed by atoms with Gasteiger partial charge in [-0.25, -0.2) is 4.68 Å². The summed E-state index contributed by atoms with van der Waals surface area (Å²) in [5.41, 5.74) is -1.15. The van der Waals surface area contributed by atoms with E-state index in [1.54, 1.807) is 4.68 Å². The van der Waals surface area contributed by atoms with Crippen molar-refractivity contribution in [2.24, 2.45) is 5.92 Å². The molecule has 0 saturated carbocycles. The molecule has 6 nitrogen and oxygen atoms in total. The second-order valence-electron chi connectivity index (χ2n) is 5.42. The van der Waals surface area contributed by atoms with Crippen LogP contribution in [0.1, 0.15) is 19.4 Å². The van der Waals surface area contributed by atoms with Crippen LogP contribution in [0.5, 0.6) is 0 Å². The van der Waals surface area contributed by atoms with Crippen molar-refractivity contribution >= 4 is 23.4 Å². The summed E-state index contributed by atoms with van der Waals surface area (Å²) in [5, 5.41) is 13.9. The molecule has 1 amide bonds. The van der Waals surface area contributed by atoms with Crippen LogP contribution in [-0.2, 0) is 17.5 Å². The van der Waals surface area contributed by atoms with Crippen LogP contribution >= 0.6 is 11.8 Å². The fourth-order valence-corrected chi connectivity index (χ4v) is 2.60. The first-order valence-electron chi connectivity index (χ1n) is 7.12. The smallest absolute Gasteiger partial charge is 0.325 e. The number of aromatic nitrogens is 4. The van der Waals surface area contributed by atoms with Gasteiger partial charge in [-0.1, -0.05) is 37.7 Å². The maximum absolute atomic E-state index is 12.9. The summed E-state index contributed by atoms with van der Waals surface area (Å²) in [6, 6.07) is 4.84. The quantitative estimate of drug-likeness (QED) is 0.803. The lowest BCUT2D eigenvalue weighted by Crippen LogP contribution is -2.18. The topological polar surface area (TPSA) is 72.7 Å². The standard InChI is InChI=1S/C14H16F3N5OS/c1-9(2)7-22-13(19-20-21-22)24-8-12(23)18-11-6-4-3-5-10(11)14(15,16)17/h3-6,9H,7-8H2,1-2H3,(H,18,23). The fraction of sp³-hybridized carbons (Fsp3) is 0.429. The lowest BCUT2D eigenvalue weighted by atomic mass is 10.1. The Morgan fingerprint density at radius 2 is 2.04 bits per heavy atom. The van der Waals surface area contributed by atoms with E-state index in [0.29, 0.717) is 17.6 Å². The molecule has 10 heteroatoms. The van der Waals surface area contributed by atoms with Crippen LogP contribution in [0.3, 0.4) is 0 Å². The van der Waals surface area contributed by atoms with Crippen LogP contribution in [-0.4, -0.2) is 31.9 Å². The third kappa shape index (κ3) is 4.95. The molecule has 2 rings (SSSR count). The summed E-state index contributed by atoms with van der Waals surface area (Å²) >= 11 is 1.07. The van der Waals surface area contributed by atoms with Gasteiger partial charge in [0.2, 0.25) is 11.1 Å². The molecule has 1 N–H and O–H groups in total. The van der Waals surface area contributed by atoms with Crippen molar-refractivity contribution in [2.75, 3.05) is 11.1 Å². The van der Waals surface area contributed by atoms with E-state index in [9.17, 15) is 18.0 Å². The summed E-state index contributed by atoms with van der Waals surface area (Å²) in [4.78, 5) is 11.9. The number of halogens is 3. The molecular formula is C14H16F3N5OS. The molecule has 1 aromatic heterocycles. The largest absolute Gasteiger partial charge is 0.418 e. The Morgan fingerprint density at radius 1 is 1.33 bits per heavy atom. The second-order valence-corrected chi connectivity index (χ2v) is 6.36. The highest BCUT2D eigenvalue weighted by atomic mass is 32.2. The van der Waals surface area contributed by atoms with Gasteiger partial charge in [-0.3, -0.25) is 4.79 Å². The van der Waals surface area contributed by atoms with Crippen LogP contribution in [0.15, 0.2) is 29.4 Å². The molecule has 130 valence electrons. The van der Waals surface area contributed by atoms with Gasteiger partial charge in [-0.15, -0.1) is 5.10 Å². The van der Waals surface area contributed by atoms with Crippen molar-refractivity contribution < 1.29 is 18.0 Å². The molecule has 0 aliphatic heterocycles. The molecule has 0 spiro atoms. The molecule has 2 aromatic rings. The van der Waals surface area contributed by atoms with Crippen LogP contribution < -0.4 is 5.32 Å². The van der Waals surface area contributed by atoms with Gasteiger partial charge in [-0.2, -0.15) is 13.2 Å². The fourth-order valence-electron chi connectivity index (χ4n) is 1.92. The Hall–Kier alpha value is -2.10. The minimum Gasteiger partial charge on any atom is -0.325 e. The number of thioether (sulfide) groups is 1. The first-order chi connectivity index (χ1) is 11.3. The van der Waals surface area contributed by atoms with Crippen molar-refractivity contribution in [2.45, 2.75) is 31.7 Å². The molecule has 0 bridgehead atoms. The van der Waals surface area contributed by atoms with Gasteiger partial charge in [0, 0.05) is 6.54 Å². The number of amides is 1. The first-order valence-corrected chi connectivity index (χ1v) is 8.11. The number of alkyl halides is 3. The molecule has 1 aromatic carbocycles. The maximum Gasteiger partial charge on any atom is 0.418 e. The highest BCUT2D eigenvalue weighted by Crippen LogP contribution is 2.34. The molecule has 0 saturated heterocycles. The Kier molecular flexibility index (Phi) is 5.81. The highest BCUT2D eigenvalue weighted by Gasteiger charge is 2.33. The van der Waals surface area contributed by atoms with E-state index in [1.165, 1.54) is 18.2 Å². The van der Waals surface area contributed by atoms with E-state index in [-0.39, 0.29) is 11.4 Å². The molecule has 1 heterocycles. The SMILES string of the molecule is CC(C)Cn1nnnc1SCC(=O)Nc1ccccc1C(F)(F)F. The predicted molar refractivity (Wildman–Crippen MR) is 83.5 cm³/mol. The lowest BCUT2D eigenvalue weighted by molar-refractivity contribution is -0.137. The monoisotopic (exact) mass is 359 g/mol. The van der Waals surface area contributed by atoms with Crippen LogP contribution in [0, 0.1) is 5.92 Å². The third-order valence-electron chi connectivity index (χ3n) is 2.88. The van der Waals surface area contributed by atoms with Gasteiger partial charge in [0.1, 0.15) is 0 Å². The third-order valence-corrected chi connectivity index (χ3v) is 3.83. The van der Waals surface area contributed by atoms with Gasteiger partial charge < -0.3 is 5.32 Å². The predicted octanol–water partition coefficient (Wildman–Crippen LogP) is 3.08. The van der Waals surface area contributed by atoms with Crippen LogP contribution in [0.4, 0.5) is 18.9 Å². The van der Waals surface area contributed by atoms with E-state index >= 15 is 0 Å². The Labute approximate surface area is 140 Å². The minimum absolute atomic E-state index is 0.0926. The number of benzene rings is 1. The Bertz CT molecular complexity index is 702. The number of hydrogen-bond donors (Lipinski definition) is 1. The number of tetrazole rings is 1. The van der Waals surface area contributed by atoms with E-state index in [2.05, 4.69) is 20.8 Å². The van der Waals surface area contributed by atoms with Crippen LogP contribution in [0.2, 0.25) is 0 Å². The van der Waals surface area contributed by atoms with E-state index < -0.39 is 17.6 Å². The van der Waals surface area contributed by atoms with E-state index in [0.717, 1.165) is 17.8 Å². The number of rotatable bonds is 6. The average Bonchev–Trinajstić information content (AvgIpc) is 2.91. The molecule has 24 heavy (non-hydrogen) atoms. The number of para-hydroxylation sites is 1. The summed E-state index contributed by atoms with van der Waals surface area (Å²) < 4.78 is 40.2. The molecule has 0 atom stereocenters. The summed E-state index contributed by atoms with van der Waals surface area (Å²) in [6.07, 6.45) is -4.53. The van der Waals surface area contributed by atoms with Gasteiger partial charge in [0.05, 0.1) is 17.0 Å². The van der Waals surface area contributed by atoms with Crippen molar-refractivity contribution in [3.63, 3.8) is 0 Å². The van der Waals surface area contributed by atoms with Crippen LogP contribution in [0.25, 0.3) is 0 Å². The minimum atomic E-state index is -4.53. The Morgan fingerprint density at radius 3 is 2.71 bits per heavy atom. The summed E-state index contributed by atoms with van der Waals surface area (Å²) in [5.74, 6) is -0.332. The van der Waals surface area contributed by atoms with Crippen molar-refractivity contribution in [3.05, 3.63) is 29.8 Å². The van der Waals surface area contributed by atoms with Gasteiger partial charge >= 0.3 is 6.18 Å². The van der Waals surface area contributed by atoms with Crippen molar-refractivity contribution in [3.8, 4) is 0 Å². The zero-order chi connectivity index (χ0) is 17.7. The molecular weight excluding hydrogens is 343 g/mol. The zero-order valence-corrected chi connectivity index (χ0v) is 13.9. The Balaban J connectivity index is 1.99. The van der Waals surface area contributed by atoms with Gasteiger partial charge in [-0.05, 0) is 28.5 Å².